The van der Waals surface area contributed by atoms with E-state index >= 15 is 0 Å². The van der Waals surface area contributed by atoms with Gasteiger partial charge in [-0.1, -0.05) is 67.4 Å². The van der Waals surface area contributed by atoms with Crippen LogP contribution in [0.4, 0.5) is 0 Å². The number of aliphatic hydroxyl groups excluding tert-OH is 1. The molecule has 0 aliphatic carbocycles. The number of amides is 3. The first kappa shape index (κ1) is 35.1. The molecule has 0 unspecified atom stereocenters. The average molecular weight is 680 g/mol. The monoisotopic (exact) mass is 678 g/mol. The lowest BCUT2D eigenvalue weighted by molar-refractivity contribution is -0.144. The van der Waals surface area contributed by atoms with Crippen molar-refractivity contribution in [3.63, 3.8) is 0 Å². The summed E-state index contributed by atoms with van der Waals surface area (Å²) in [6.45, 7) is 9.34. The van der Waals surface area contributed by atoms with Crippen molar-refractivity contribution in [1.82, 2.24) is 20.5 Å². The van der Waals surface area contributed by atoms with Crippen LogP contribution in [0.2, 0.25) is 0 Å². The molecule has 11 heteroatoms. The van der Waals surface area contributed by atoms with Crippen LogP contribution < -0.4 is 10.6 Å². The van der Waals surface area contributed by atoms with E-state index in [2.05, 4.69) is 31.5 Å². The summed E-state index contributed by atoms with van der Waals surface area (Å²) in [5.74, 6) is -0.879. The number of alkyl halides is 1. The predicted molar refractivity (Wildman–Crippen MR) is 174 cm³/mol. The summed E-state index contributed by atoms with van der Waals surface area (Å²) in [4.78, 5) is 46.7. The lowest BCUT2D eigenvalue weighted by Crippen LogP contribution is -2.57. The molecule has 1 aromatic heterocycles. The predicted octanol–water partition coefficient (Wildman–Crippen LogP) is 4.98. The standard InChI is InChI=1S/C32H47BrN4O5S/c1-22-28(43-21-35-22)24-13-11-23(12-14-24)19-34-30(40)26-18-25(38)20-37(26)31(41)29(32(2,3)4)36-27(39)10-6-9-17-42-16-8-5-7-15-33/h11-14,21,25-26,29,38H,5-10,15-20H2,1-4H3,(H,34,40)(H,36,39)/t25-,26+,29-/m1/s1. The van der Waals surface area contributed by atoms with Gasteiger partial charge in [0, 0.05) is 44.5 Å². The number of unbranched alkanes of at least 4 members (excludes halogenated alkanes) is 3. The molecule has 9 nitrogen and oxygen atoms in total. The van der Waals surface area contributed by atoms with Crippen molar-refractivity contribution in [1.29, 1.82) is 0 Å². The van der Waals surface area contributed by atoms with Crippen LogP contribution in [0.25, 0.3) is 10.4 Å². The fourth-order valence-electron chi connectivity index (χ4n) is 5.08. The zero-order valence-corrected chi connectivity index (χ0v) is 28.3. The highest BCUT2D eigenvalue weighted by Gasteiger charge is 2.44. The normalized spacial score (nSPS) is 17.6. The summed E-state index contributed by atoms with van der Waals surface area (Å²) < 4.78 is 5.65. The second-order valence-corrected chi connectivity index (χ2v) is 13.9. The number of ether oxygens (including phenoxy) is 1. The van der Waals surface area contributed by atoms with Gasteiger partial charge in [-0.3, -0.25) is 14.4 Å². The van der Waals surface area contributed by atoms with Crippen LogP contribution in [0.3, 0.4) is 0 Å². The SMILES string of the molecule is Cc1ncsc1-c1ccc(CNC(=O)[C@@H]2C[C@@H](O)CN2C(=O)[C@@H](NC(=O)CCCCOCCCCCBr)C(C)(C)C)cc1. The Balaban J connectivity index is 1.52. The number of β-amino-alcohol motifs (C(OH)–C–C–N with tert-alkyl or cyclic N) is 1. The van der Waals surface area contributed by atoms with Crippen LogP contribution in [0.15, 0.2) is 29.8 Å². The van der Waals surface area contributed by atoms with Crippen LogP contribution >= 0.6 is 27.3 Å². The molecule has 2 heterocycles. The number of nitrogens with zero attached hydrogens (tertiary/aromatic N) is 2. The van der Waals surface area contributed by atoms with Crippen LogP contribution in [-0.2, 0) is 25.7 Å². The molecule has 43 heavy (non-hydrogen) atoms. The number of aryl methyl sites for hydroxylation is 1. The van der Waals surface area contributed by atoms with Gasteiger partial charge in [0.1, 0.15) is 12.1 Å². The number of benzene rings is 1. The topological polar surface area (TPSA) is 121 Å². The van der Waals surface area contributed by atoms with E-state index in [9.17, 15) is 19.5 Å². The van der Waals surface area contributed by atoms with Crippen LogP contribution in [0.5, 0.6) is 0 Å². The lowest BCUT2D eigenvalue weighted by Gasteiger charge is -2.35. The molecular weight excluding hydrogens is 632 g/mol. The van der Waals surface area contributed by atoms with Crippen molar-refractivity contribution in [3.8, 4) is 10.4 Å². The summed E-state index contributed by atoms with van der Waals surface area (Å²) in [6.07, 6.45) is 4.38. The molecule has 0 radical (unpaired) electrons. The fraction of sp³-hybridized carbons (Fsp3) is 0.625. The number of thiazole rings is 1. The van der Waals surface area contributed by atoms with Gasteiger partial charge >= 0.3 is 0 Å². The zero-order chi connectivity index (χ0) is 31.4. The number of hydrogen-bond donors (Lipinski definition) is 3. The second kappa shape index (κ2) is 17.2. The molecule has 3 atom stereocenters. The van der Waals surface area contributed by atoms with Gasteiger partial charge in [0.15, 0.2) is 0 Å². The Hall–Kier alpha value is -2.34. The first-order valence-corrected chi connectivity index (χ1v) is 17.2. The molecular formula is C32H47BrN4O5S. The molecule has 1 aliphatic heterocycles. The Kier molecular flexibility index (Phi) is 14.1. The molecule has 2 aromatic rings. The average Bonchev–Trinajstić information content (AvgIpc) is 3.58. The van der Waals surface area contributed by atoms with E-state index in [1.54, 1.807) is 11.3 Å². The van der Waals surface area contributed by atoms with E-state index in [0.29, 0.717) is 26.0 Å². The highest BCUT2D eigenvalue weighted by molar-refractivity contribution is 9.09. The lowest BCUT2D eigenvalue weighted by atomic mass is 9.85. The number of likely N-dealkylation sites (tertiary alicyclic amines) is 1. The van der Waals surface area contributed by atoms with Crippen molar-refractivity contribution >= 4 is 45.0 Å². The Morgan fingerprint density at radius 2 is 1.81 bits per heavy atom. The molecule has 1 aromatic carbocycles. The molecule has 0 saturated carbocycles. The van der Waals surface area contributed by atoms with E-state index in [0.717, 1.165) is 59.3 Å². The number of carbonyl (C=O) groups is 3. The Labute approximate surface area is 268 Å². The van der Waals surface area contributed by atoms with Crippen molar-refractivity contribution in [3.05, 3.63) is 41.0 Å². The van der Waals surface area contributed by atoms with Gasteiger partial charge in [0.25, 0.3) is 0 Å². The Bertz CT molecular complexity index is 1180. The van der Waals surface area contributed by atoms with Gasteiger partial charge in [0.2, 0.25) is 17.7 Å². The van der Waals surface area contributed by atoms with Crippen LogP contribution in [0, 0.1) is 12.3 Å². The minimum atomic E-state index is -0.825. The van der Waals surface area contributed by atoms with E-state index in [-0.39, 0.29) is 30.7 Å². The highest BCUT2D eigenvalue weighted by Crippen LogP contribution is 2.28. The first-order valence-electron chi connectivity index (χ1n) is 15.2. The van der Waals surface area contributed by atoms with Crippen molar-refractivity contribution in [2.24, 2.45) is 5.41 Å². The fourth-order valence-corrected chi connectivity index (χ4v) is 6.29. The maximum atomic E-state index is 13.8. The van der Waals surface area contributed by atoms with Gasteiger partial charge in [0.05, 0.1) is 22.2 Å². The quantitative estimate of drug-likeness (QED) is 0.170. The van der Waals surface area contributed by atoms with Gasteiger partial charge in [-0.15, -0.1) is 11.3 Å². The number of nitrogens with one attached hydrogen (secondary N) is 2. The smallest absolute Gasteiger partial charge is 0.246 e. The highest BCUT2D eigenvalue weighted by atomic mass is 79.9. The van der Waals surface area contributed by atoms with Gasteiger partial charge < -0.3 is 25.4 Å². The van der Waals surface area contributed by atoms with E-state index < -0.39 is 23.6 Å². The maximum absolute atomic E-state index is 13.8. The van der Waals surface area contributed by atoms with Crippen molar-refractivity contribution < 1.29 is 24.2 Å². The van der Waals surface area contributed by atoms with Gasteiger partial charge in [-0.05, 0) is 49.1 Å². The minimum absolute atomic E-state index is 0.0508. The molecule has 0 bridgehead atoms. The molecule has 0 spiro atoms. The number of rotatable bonds is 16. The third kappa shape index (κ3) is 11.0. The molecule has 1 saturated heterocycles. The number of aliphatic hydroxyl groups is 1. The zero-order valence-electron chi connectivity index (χ0n) is 25.9. The molecule has 238 valence electrons. The minimum Gasteiger partial charge on any atom is -0.391 e. The molecule has 3 N–H and O–H groups in total. The first-order chi connectivity index (χ1) is 20.5. The van der Waals surface area contributed by atoms with E-state index in [1.807, 2.05) is 57.5 Å². The largest absolute Gasteiger partial charge is 0.391 e. The van der Waals surface area contributed by atoms with E-state index in [1.165, 1.54) is 4.90 Å². The maximum Gasteiger partial charge on any atom is 0.246 e. The summed E-state index contributed by atoms with van der Waals surface area (Å²) in [5, 5.41) is 17.3. The van der Waals surface area contributed by atoms with Crippen LogP contribution in [0.1, 0.15) is 77.0 Å². The summed E-state index contributed by atoms with van der Waals surface area (Å²) >= 11 is 5.01. The van der Waals surface area contributed by atoms with Crippen LogP contribution in [-0.4, -0.2) is 76.0 Å². The third-order valence-electron chi connectivity index (χ3n) is 7.58. The summed E-state index contributed by atoms with van der Waals surface area (Å²) in [5.41, 5.74) is 4.22. The third-order valence-corrected chi connectivity index (χ3v) is 9.11. The number of hydrogen-bond acceptors (Lipinski definition) is 7. The van der Waals surface area contributed by atoms with E-state index in [4.69, 9.17) is 4.74 Å². The molecule has 3 amide bonds. The number of halogens is 1. The molecule has 3 rings (SSSR count). The van der Waals surface area contributed by atoms with Crippen molar-refractivity contribution in [2.45, 2.75) is 97.4 Å². The van der Waals surface area contributed by atoms with Gasteiger partial charge in [-0.25, -0.2) is 4.98 Å². The molecule has 1 aliphatic rings. The summed E-state index contributed by atoms with van der Waals surface area (Å²) in [6, 6.07) is 6.31. The molecule has 1 fully saturated rings. The Morgan fingerprint density at radius 3 is 2.44 bits per heavy atom. The van der Waals surface area contributed by atoms with Gasteiger partial charge in [-0.2, -0.15) is 0 Å². The number of carbonyl (C=O) groups excluding carboxylic acids is 3. The number of aromatic nitrogens is 1. The second-order valence-electron chi connectivity index (χ2n) is 12.3. The summed E-state index contributed by atoms with van der Waals surface area (Å²) in [7, 11) is 0. The van der Waals surface area contributed by atoms with Crippen molar-refractivity contribution in [2.75, 3.05) is 25.1 Å². The Morgan fingerprint density at radius 1 is 1.12 bits per heavy atom.